The van der Waals surface area contributed by atoms with E-state index in [1.807, 2.05) is 44.2 Å². The maximum atomic E-state index is 13.6. The molecule has 2 aromatic carbocycles. The van der Waals surface area contributed by atoms with Gasteiger partial charge in [-0.2, -0.15) is 0 Å². The number of nitrogens with zero attached hydrogens (tertiary/aromatic N) is 2. The fourth-order valence-corrected chi connectivity index (χ4v) is 5.59. The highest BCUT2D eigenvalue weighted by Gasteiger charge is 2.46. The van der Waals surface area contributed by atoms with Crippen LogP contribution in [-0.2, 0) is 16.0 Å². The van der Waals surface area contributed by atoms with Gasteiger partial charge in [0, 0.05) is 25.1 Å². The number of hydrogen-bond acceptors (Lipinski definition) is 7. The summed E-state index contributed by atoms with van der Waals surface area (Å²) in [4.78, 5) is 30.8. The molecule has 2 atom stereocenters. The Bertz CT molecular complexity index is 1270. The van der Waals surface area contributed by atoms with E-state index in [-0.39, 0.29) is 17.4 Å². The number of carbonyl (C=O) groups excluding carboxylic acids is 2. The van der Waals surface area contributed by atoms with E-state index in [0.717, 1.165) is 50.1 Å². The Hall–Kier alpha value is -3.52. The first-order valence-corrected chi connectivity index (χ1v) is 15.0. The summed E-state index contributed by atoms with van der Waals surface area (Å²) in [5.41, 5.74) is 2.24. The van der Waals surface area contributed by atoms with Crippen LogP contribution >= 0.6 is 0 Å². The van der Waals surface area contributed by atoms with Crippen molar-refractivity contribution in [1.82, 2.24) is 9.80 Å². The standard InChI is InChI=1S/C33H44N2O6/c1-6-10-11-18-40-27-15-12-23(21-28(27)39-9-4)30-29(32(37)33(38)35(30)17-16-34(7-2)8-3)31(36)24-13-14-26-25(20-24)19-22(5)41-26/h12-15,20-22,30,36H,6-11,16-19H2,1-5H3/b31-29+/t22-,30+/m0/s1. The van der Waals surface area contributed by atoms with Gasteiger partial charge in [0.25, 0.3) is 11.7 Å². The van der Waals surface area contributed by atoms with Crippen LogP contribution in [0.3, 0.4) is 0 Å². The van der Waals surface area contributed by atoms with Gasteiger partial charge in [-0.25, -0.2) is 0 Å². The number of likely N-dealkylation sites (N-methyl/N-ethyl adjacent to an activating group) is 1. The zero-order valence-corrected chi connectivity index (χ0v) is 25.1. The number of ether oxygens (including phenoxy) is 3. The molecule has 8 nitrogen and oxygen atoms in total. The van der Waals surface area contributed by atoms with Crippen molar-refractivity contribution in [3.05, 3.63) is 58.7 Å². The van der Waals surface area contributed by atoms with Crippen molar-refractivity contribution in [2.45, 2.75) is 72.4 Å². The Morgan fingerprint density at radius 1 is 1.02 bits per heavy atom. The second-order valence-electron chi connectivity index (χ2n) is 10.7. The molecule has 4 rings (SSSR count). The van der Waals surface area contributed by atoms with E-state index in [9.17, 15) is 14.7 Å². The monoisotopic (exact) mass is 564 g/mol. The highest BCUT2D eigenvalue weighted by Crippen LogP contribution is 2.43. The quantitative estimate of drug-likeness (QED) is 0.135. The molecule has 2 aliphatic rings. The molecular weight excluding hydrogens is 520 g/mol. The van der Waals surface area contributed by atoms with Crippen LogP contribution in [0.2, 0.25) is 0 Å². The minimum Gasteiger partial charge on any atom is -0.507 e. The van der Waals surface area contributed by atoms with Crippen molar-refractivity contribution < 1.29 is 28.9 Å². The largest absolute Gasteiger partial charge is 0.507 e. The predicted molar refractivity (Wildman–Crippen MR) is 160 cm³/mol. The van der Waals surface area contributed by atoms with Gasteiger partial charge in [0.05, 0.1) is 24.8 Å². The van der Waals surface area contributed by atoms with E-state index in [1.54, 1.807) is 11.0 Å². The summed E-state index contributed by atoms with van der Waals surface area (Å²) >= 11 is 0. The Balaban J connectivity index is 1.77. The summed E-state index contributed by atoms with van der Waals surface area (Å²) in [6, 6.07) is 10.2. The lowest BCUT2D eigenvalue weighted by Crippen LogP contribution is -2.38. The lowest BCUT2D eigenvalue weighted by atomic mass is 9.94. The van der Waals surface area contributed by atoms with E-state index in [1.165, 1.54) is 0 Å². The number of ketones is 1. The van der Waals surface area contributed by atoms with Gasteiger partial charge in [-0.1, -0.05) is 39.7 Å². The number of aliphatic hydroxyl groups excluding tert-OH is 1. The number of likely N-dealkylation sites (tertiary alicyclic amines) is 1. The summed E-state index contributed by atoms with van der Waals surface area (Å²) < 4.78 is 17.8. The molecule has 0 saturated carbocycles. The van der Waals surface area contributed by atoms with Crippen LogP contribution in [0.25, 0.3) is 5.76 Å². The van der Waals surface area contributed by atoms with Crippen LogP contribution in [-0.4, -0.2) is 72.1 Å². The van der Waals surface area contributed by atoms with Crippen LogP contribution in [0, 0.1) is 0 Å². The van der Waals surface area contributed by atoms with Crippen molar-refractivity contribution in [1.29, 1.82) is 0 Å². The van der Waals surface area contributed by atoms with Crippen LogP contribution in [0.1, 0.15) is 76.6 Å². The number of aliphatic hydroxyl groups is 1. The van der Waals surface area contributed by atoms with Gasteiger partial charge in [0.1, 0.15) is 17.6 Å². The number of carbonyl (C=O) groups is 2. The van der Waals surface area contributed by atoms with E-state index in [2.05, 4.69) is 25.7 Å². The van der Waals surface area contributed by atoms with Crippen molar-refractivity contribution in [3.63, 3.8) is 0 Å². The van der Waals surface area contributed by atoms with E-state index < -0.39 is 17.7 Å². The molecule has 0 unspecified atom stereocenters. The number of amides is 1. The summed E-state index contributed by atoms with van der Waals surface area (Å²) in [7, 11) is 0. The molecule has 0 spiro atoms. The number of hydrogen-bond donors (Lipinski definition) is 1. The molecule has 2 aliphatic heterocycles. The first-order valence-electron chi connectivity index (χ1n) is 15.0. The van der Waals surface area contributed by atoms with Crippen molar-refractivity contribution in [2.75, 3.05) is 39.4 Å². The molecule has 1 saturated heterocycles. The van der Waals surface area contributed by atoms with E-state index in [0.29, 0.717) is 48.9 Å². The zero-order chi connectivity index (χ0) is 29.5. The van der Waals surface area contributed by atoms with Crippen LogP contribution in [0.15, 0.2) is 42.0 Å². The van der Waals surface area contributed by atoms with E-state index in [4.69, 9.17) is 14.2 Å². The normalized spacial score (nSPS) is 19.5. The Morgan fingerprint density at radius 2 is 1.80 bits per heavy atom. The van der Waals surface area contributed by atoms with E-state index >= 15 is 0 Å². The molecule has 0 aliphatic carbocycles. The van der Waals surface area contributed by atoms with Gasteiger partial charge < -0.3 is 29.1 Å². The topological polar surface area (TPSA) is 88.5 Å². The SMILES string of the molecule is CCCCCOc1ccc([C@@H]2/C(=C(\O)c3ccc4c(c3)C[C@H](C)O4)C(=O)C(=O)N2CCN(CC)CC)cc1OCC. The van der Waals surface area contributed by atoms with Gasteiger partial charge in [0.2, 0.25) is 0 Å². The Labute approximate surface area is 243 Å². The van der Waals surface area contributed by atoms with Crippen molar-refractivity contribution in [3.8, 4) is 17.2 Å². The number of unbranched alkanes of at least 4 members (excludes halogenated alkanes) is 2. The second kappa shape index (κ2) is 13.9. The molecule has 0 radical (unpaired) electrons. The summed E-state index contributed by atoms with van der Waals surface area (Å²) in [5, 5.41) is 11.6. The van der Waals surface area contributed by atoms with Crippen LogP contribution in [0.5, 0.6) is 17.2 Å². The second-order valence-corrected chi connectivity index (χ2v) is 10.7. The van der Waals surface area contributed by atoms with Gasteiger partial charge in [-0.3, -0.25) is 9.59 Å². The van der Waals surface area contributed by atoms with Crippen LogP contribution < -0.4 is 14.2 Å². The minimum atomic E-state index is -0.762. The Morgan fingerprint density at radius 3 is 2.51 bits per heavy atom. The number of fused-ring (bicyclic) bond motifs is 1. The molecule has 1 N–H and O–H groups in total. The van der Waals surface area contributed by atoms with Gasteiger partial charge >= 0.3 is 0 Å². The maximum absolute atomic E-state index is 13.6. The highest BCUT2D eigenvalue weighted by atomic mass is 16.5. The fraction of sp³-hybridized carbons (Fsp3) is 0.515. The molecular formula is C33H44N2O6. The third-order valence-corrected chi connectivity index (χ3v) is 7.85. The first-order chi connectivity index (χ1) is 19.8. The number of benzene rings is 2. The van der Waals surface area contributed by atoms with Crippen molar-refractivity contribution >= 4 is 17.4 Å². The van der Waals surface area contributed by atoms with Crippen molar-refractivity contribution in [2.24, 2.45) is 0 Å². The van der Waals surface area contributed by atoms with Gasteiger partial charge in [-0.15, -0.1) is 0 Å². The molecule has 41 heavy (non-hydrogen) atoms. The zero-order valence-electron chi connectivity index (χ0n) is 25.1. The number of rotatable bonds is 14. The molecule has 0 aromatic heterocycles. The molecule has 1 amide bonds. The minimum absolute atomic E-state index is 0.0488. The summed E-state index contributed by atoms with van der Waals surface area (Å²) in [6.07, 6.45) is 3.89. The molecule has 8 heteroatoms. The molecule has 222 valence electrons. The van der Waals surface area contributed by atoms with Gasteiger partial charge in [0.15, 0.2) is 11.5 Å². The molecule has 2 aromatic rings. The molecule has 2 heterocycles. The predicted octanol–water partition coefficient (Wildman–Crippen LogP) is 5.74. The lowest BCUT2D eigenvalue weighted by Gasteiger charge is -2.28. The maximum Gasteiger partial charge on any atom is 0.295 e. The number of Topliss-reactive ketones (excluding diaryl/α,β-unsaturated/α-hetero) is 1. The third kappa shape index (κ3) is 6.70. The first kappa shape index (κ1) is 30.4. The van der Waals surface area contributed by atoms with Gasteiger partial charge in [-0.05, 0) is 74.8 Å². The summed E-state index contributed by atoms with van der Waals surface area (Å²) in [5.74, 6) is 0.480. The molecule has 0 bridgehead atoms. The Kier molecular flexibility index (Phi) is 10.3. The summed E-state index contributed by atoms with van der Waals surface area (Å²) in [6.45, 7) is 13.8. The highest BCUT2D eigenvalue weighted by molar-refractivity contribution is 6.46. The fourth-order valence-electron chi connectivity index (χ4n) is 5.59. The lowest BCUT2D eigenvalue weighted by molar-refractivity contribution is -0.140. The third-order valence-electron chi connectivity index (χ3n) is 7.85. The average Bonchev–Trinajstić information content (AvgIpc) is 3.47. The average molecular weight is 565 g/mol. The smallest absolute Gasteiger partial charge is 0.295 e. The van der Waals surface area contributed by atoms with Crippen LogP contribution in [0.4, 0.5) is 0 Å². The molecule has 1 fully saturated rings.